The van der Waals surface area contributed by atoms with Gasteiger partial charge in [-0.05, 0) is 19.1 Å². The number of aryl methyl sites for hydroxylation is 2. The Morgan fingerprint density at radius 1 is 1.53 bits per heavy atom. The van der Waals surface area contributed by atoms with Crippen molar-refractivity contribution in [2.75, 3.05) is 0 Å². The average molecular weight is 225 g/mol. The number of benzene rings is 1. The van der Waals surface area contributed by atoms with Crippen molar-refractivity contribution in [1.82, 2.24) is 9.78 Å². The second-order valence-electron chi connectivity index (χ2n) is 3.37. The maximum atomic E-state index is 10.8. The average Bonchev–Trinajstić information content (AvgIpc) is 2.42. The van der Waals surface area contributed by atoms with Crippen LogP contribution in [0.25, 0.3) is 10.9 Å². The molecule has 0 unspecified atom stereocenters. The number of nitrogens with zero attached hydrogens (tertiary/aromatic N) is 2. The molecule has 0 atom stereocenters. The van der Waals surface area contributed by atoms with Gasteiger partial charge in [0.15, 0.2) is 0 Å². The Kier molecular flexibility index (Phi) is 2.16. The first-order valence-electron chi connectivity index (χ1n) is 4.37. The molecule has 0 spiro atoms. The van der Waals surface area contributed by atoms with Gasteiger partial charge in [0.25, 0.3) is 0 Å². The molecule has 4 nitrogen and oxygen atoms in total. The van der Waals surface area contributed by atoms with Gasteiger partial charge in [0.05, 0.1) is 21.8 Å². The minimum atomic E-state index is -0.984. The first-order chi connectivity index (χ1) is 7.00. The van der Waals surface area contributed by atoms with Crippen LogP contribution in [-0.2, 0) is 7.05 Å². The van der Waals surface area contributed by atoms with Gasteiger partial charge in [-0.25, -0.2) is 4.79 Å². The number of aromatic nitrogens is 2. The Morgan fingerprint density at radius 2 is 2.20 bits per heavy atom. The Labute approximate surface area is 91.1 Å². The third-order valence-electron chi connectivity index (χ3n) is 2.32. The Morgan fingerprint density at radius 3 is 2.80 bits per heavy atom. The van der Waals surface area contributed by atoms with E-state index in [2.05, 4.69) is 5.10 Å². The lowest BCUT2D eigenvalue weighted by Crippen LogP contribution is -1.96. The van der Waals surface area contributed by atoms with Gasteiger partial charge in [-0.2, -0.15) is 5.10 Å². The number of carbonyl (C=O) groups is 1. The van der Waals surface area contributed by atoms with Crippen LogP contribution in [0.3, 0.4) is 0 Å². The molecular formula is C10H9ClN2O2. The lowest BCUT2D eigenvalue weighted by atomic mass is 10.1. The molecule has 0 bridgehead atoms. The van der Waals surface area contributed by atoms with Crippen molar-refractivity contribution in [3.05, 3.63) is 28.4 Å². The van der Waals surface area contributed by atoms with E-state index in [0.29, 0.717) is 5.02 Å². The van der Waals surface area contributed by atoms with E-state index in [9.17, 15) is 4.79 Å². The van der Waals surface area contributed by atoms with Gasteiger partial charge in [0.2, 0.25) is 0 Å². The van der Waals surface area contributed by atoms with Crippen molar-refractivity contribution < 1.29 is 9.90 Å². The zero-order valence-corrected chi connectivity index (χ0v) is 9.04. The molecule has 1 heterocycles. The quantitative estimate of drug-likeness (QED) is 0.808. The maximum absolute atomic E-state index is 10.8. The number of aromatic carboxylic acids is 1. The summed E-state index contributed by atoms with van der Waals surface area (Å²) in [7, 11) is 1.78. The van der Waals surface area contributed by atoms with Crippen LogP contribution in [0.2, 0.25) is 5.02 Å². The van der Waals surface area contributed by atoms with Gasteiger partial charge in [0, 0.05) is 12.4 Å². The van der Waals surface area contributed by atoms with E-state index in [-0.39, 0.29) is 5.56 Å². The van der Waals surface area contributed by atoms with Crippen molar-refractivity contribution in [3.63, 3.8) is 0 Å². The zero-order chi connectivity index (χ0) is 11.2. The van der Waals surface area contributed by atoms with E-state index in [0.717, 1.165) is 16.6 Å². The minimum Gasteiger partial charge on any atom is -0.478 e. The summed E-state index contributed by atoms with van der Waals surface area (Å²) in [5.41, 5.74) is 1.72. The topological polar surface area (TPSA) is 55.1 Å². The number of hydrogen-bond acceptors (Lipinski definition) is 2. The number of hydrogen-bond donors (Lipinski definition) is 1. The van der Waals surface area contributed by atoms with Crippen molar-refractivity contribution in [3.8, 4) is 0 Å². The highest BCUT2D eigenvalue weighted by molar-refractivity contribution is 6.35. The van der Waals surface area contributed by atoms with Crippen LogP contribution in [0.1, 0.15) is 16.1 Å². The largest absolute Gasteiger partial charge is 0.478 e. The normalized spacial score (nSPS) is 10.9. The second-order valence-corrected chi connectivity index (χ2v) is 3.78. The number of rotatable bonds is 1. The van der Waals surface area contributed by atoms with Crippen LogP contribution in [-0.4, -0.2) is 20.9 Å². The summed E-state index contributed by atoms with van der Waals surface area (Å²) in [4.78, 5) is 10.8. The molecule has 0 aliphatic rings. The van der Waals surface area contributed by atoms with Gasteiger partial charge >= 0.3 is 5.97 Å². The highest BCUT2D eigenvalue weighted by Crippen LogP contribution is 2.27. The molecule has 0 radical (unpaired) electrons. The van der Waals surface area contributed by atoms with Gasteiger partial charge in [-0.3, -0.25) is 4.68 Å². The van der Waals surface area contributed by atoms with E-state index in [4.69, 9.17) is 16.7 Å². The summed E-state index contributed by atoms with van der Waals surface area (Å²) < 4.78 is 1.65. The fourth-order valence-electron chi connectivity index (χ4n) is 1.66. The Bertz CT molecular complexity index is 560. The number of carboxylic acids is 1. The fraction of sp³-hybridized carbons (Fsp3) is 0.200. The zero-order valence-electron chi connectivity index (χ0n) is 8.28. The van der Waals surface area contributed by atoms with Gasteiger partial charge in [-0.15, -0.1) is 0 Å². The predicted molar refractivity (Wildman–Crippen MR) is 57.4 cm³/mol. The SMILES string of the molecule is Cc1nn(C)c2c(Cl)cc(C(=O)O)cc12. The molecule has 2 rings (SSSR count). The molecular weight excluding hydrogens is 216 g/mol. The Balaban J connectivity index is 2.87. The number of halogens is 1. The lowest BCUT2D eigenvalue weighted by molar-refractivity contribution is 0.0697. The molecule has 0 amide bonds. The number of carboxylic acid groups (broad SMARTS) is 1. The summed E-state index contributed by atoms with van der Waals surface area (Å²) in [5.74, 6) is -0.984. The third-order valence-corrected chi connectivity index (χ3v) is 2.61. The molecule has 0 saturated heterocycles. The van der Waals surface area contributed by atoms with Crippen LogP contribution in [0.15, 0.2) is 12.1 Å². The standard InChI is InChI=1S/C10H9ClN2O2/c1-5-7-3-6(10(14)15)4-8(11)9(7)13(2)12-5/h3-4H,1-2H3,(H,14,15). The molecule has 1 N–H and O–H groups in total. The molecule has 15 heavy (non-hydrogen) atoms. The molecule has 0 fully saturated rings. The summed E-state index contributed by atoms with van der Waals surface area (Å²) in [5, 5.41) is 14.3. The molecule has 5 heteroatoms. The van der Waals surface area contributed by atoms with Gasteiger partial charge in [-0.1, -0.05) is 11.6 Å². The van der Waals surface area contributed by atoms with E-state index < -0.39 is 5.97 Å². The van der Waals surface area contributed by atoms with Crippen LogP contribution in [0.5, 0.6) is 0 Å². The summed E-state index contributed by atoms with van der Waals surface area (Å²) in [6, 6.07) is 3.03. The predicted octanol–water partition coefficient (Wildman–Crippen LogP) is 2.23. The second kappa shape index (κ2) is 3.24. The maximum Gasteiger partial charge on any atom is 0.335 e. The summed E-state index contributed by atoms with van der Waals surface area (Å²) in [6.07, 6.45) is 0. The third kappa shape index (κ3) is 1.47. The molecule has 0 saturated carbocycles. The first-order valence-corrected chi connectivity index (χ1v) is 4.74. The van der Waals surface area contributed by atoms with Crippen LogP contribution in [0.4, 0.5) is 0 Å². The molecule has 2 aromatic rings. The van der Waals surface area contributed by atoms with Crippen LogP contribution in [0, 0.1) is 6.92 Å². The van der Waals surface area contributed by atoms with E-state index in [1.165, 1.54) is 6.07 Å². The summed E-state index contributed by atoms with van der Waals surface area (Å²) >= 11 is 6.00. The molecule has 78 valence electrons. The molecule has 0 aliphatic carbocycles. The van der Waals surface area contributed by atoms with Gasteiger partial charge in [0.1, 0.15) is 0 Å². The highest BCUT2D eigenvalue weighted by atomic mass is 35.5. The molecule has 1 aromatic carbocycles. The van der Waals surface area contributed by atoms with Gasteiger partial charge < -0.3 is 5.11 Å². The highest BCUT2D eigenvalue weighted by Gasteiger charge is 2.13. The summed E-state index contributed by atoms with van der Waals surface area (Å²) in [6.45, 7) is 1.82. The molecule has 1 aromatic heterocycles. The fourth-order valence-corrected chi connectivity index (χ4v) is 2.00. The minimum absolute atomic E-state index is 0.184. The van der Waals surface area contributed by atoms with E-state index >= 15 is 0 Å². The van der Waals surface area contributed by atoms with E-state index in [1.54, 1.807) is 17.8 Å². The monoisotopic (exact) mass is 224 g/mol. The van der Waals surface area contributed by atoms with Crippen LogP contribution < -0.4 is 0 Å². The van der Waals surface area contributed by atoms with Crippen molar-refractivity contribution in [2.45, 2.75) is 6.92 Å². The number of fused-ring (bicyclic) bond motifs is 1. The Hall–Kier alpha value is -1.55. The van der Waals surface area contributed by atoms with Crippen molar-refractivity contribution >= 4 is 28.5 Å². The van der Waals surface area contributed by atoms with E-state index in [1.807, 2.05) is 6.92 Å². The van der Waals surface area contributed by atoms with Crippen LogP contribution >= 0.6 is 11.6 Å². The lowest BCUT2D eigenvalue weighted by Gasteiger charge is -2.00. The van der Waals surface area contributed by atoms with Crippen molar-refractivity contribution in [1.29, 1.82) is 0 Å². The van der Waals surface area contributed by atoms with Crippen molar-refractivity contribution in [2.24, 2.45) is 7.05 Å². The first kappa shape index (κ1) is 9.98. The molecule has 0 aliphatic heterocycles. The smallest absolute Gasteiger partial charge is 0.335 e.